The van der Waals surface area contributed by atoms with Crippen molar-refractivity contribution in [2.75, 3.05) is 5.73 Å². The second-order valence-electron chi connectivity index (χ2n) is 7.24. The molecule has 0 aliphatic rings. The molecule has 0 amide bonds. The van der Waals surface area contributed by atoms with Crippen molar-refractivity contribution in [2.45, 2.75) is 13.5 Å². The minimum Gasteiger partial charge on any atom is -0.375 e. The molecular weight excluding hydrogens is 400 g/mol. The van der Waals surface area contributed by atoms with Crippen molar-refractivity contribution in [3.8, 4) is 11.3 Å². The van der Waals surface area contributed by atoms with E-state index in [1.807, 2.05) is 60.8 Å². The Morgan fingerprint density at radius 1 is 0.935 bits per heavy atom. The maximum absolute atomic E-state index is 7.90. The highest BCUT2D eigenvalue weighted by Crippen LogP contribution is 2.23. The lowest BCUT2D eigenvalue weighted by atomic mass is 10.1. The summed E-state index contributed by atoms with van der Waals surface area (Å²) in [7, 11) is 0. The van der Waals surface area contributed by atoms with Gasteiger partial charge in [-0.05, 0) is 18.6 Å². The van der Waals surface area contributed by atoms with Crippen LogP contribution in [-0.4, -0.2) is 15.3 Å². The Morgan fingerprint density at radius 2 is 1.58 bits per heavy atom. The third kappa shape index (κ3) is 4.90. The molecule has 2 heterocycles. The van der Waals surface area contributed by atoms with Crippen LogP contribution in [0.15, 0.2) is 96.5 Å². The molecule has 5 aromatic rings. The van der Waals surface area contributed by atoms with Crippen LogP contribution in [0, 0.1) is 5.41 Å². The zero-order valence-electron chi connectivity index (χ0n) is 17.3. The number of nitrogen functional groups attached to an aromatic ring is 1. The van der Waals surface area contributed by atoms with Crippen molar-refractivity contribution in [3.05, 3.63) is 108 Å². The summed E-state index contributed by atoms with van der Waals surface area (Å²) in [6, 6.07) is 28.7. The van der Waals surface area contributed by atoms with Gasteiger partial charge in [-0.15, -0.1) is 11.3 Å². The molecule has 4 nitrogen and oxygen atoms in total. The molecule has 0 fully saturated rings. The second-order valence-corrected chi connectivity index (χ2v) is 8.13. The maximum atomic E-state index is 7.90. The lowest BCUT2D eigenvalue weighted by molar-refractivity contribution is 0.836. The van der Waals surface area contributed by atoms with Gasteiger partial charge in [0.1, 0.15) is 0 Å². The summed E-state index contributed by atoms with van der Waals surface area (Å²) in [5, 5.41) is 11.6. The highest BCUT2D eigenvalue weighted by atomic mass is 32.1. The molecule has 0 radical (unpaired) electrons. The summed E-state index contributed by atoms with van der Waals surface area (Å²) < 4.78 is 2.22. The third-order valence-corrected chi connectivity index (χ3v) is 5.65. The fourth-order valence-electron chi connectivity index (χ4n) is 3.49. The molecule has 5 heteroatoms. The quantitative estimate of drug-likeness (QED) is 0.325. The second kappa shape index (κ2) is 9.41. The topological polar surface area (TPSA) is 67.7 Å². The molecule has 0 unspecified atom stereocenters. The number of benzene rings is 3. The van der Waals surface area contributed by atoms with Crippen LogP contribution in [0.4, 0.5) is 5.13 Å². The minimum atomic E-state index is 0.614. The predicted octanol–water partition coefficient (Wildman–Crippen LogP) is 6.47. The van der Waals surface area contributed by atoms with Crippen molar-refractivity contribution >= 4 is 33.1 Å². The molecule has 0 spiro atoms. The molecule has 3 N–H and O–H groups in total. The van der Waals surface area contributed by atoms with Crippen molar-refractivity contribution < 1.29 is 0 Å². The number of nitrogens with zero attached hydrogens (tertiary/aromatic N) is 2. The Bertz CT molecular complexity index is 1290. The van der Waals surface area contributed by atoms with Crippen LogP contribution in [0.3, 0.4) is 0 Å². The van der Waals surface area contributed by atoms with Crippen LogP contribution >= 0.6 is 11.3 Å². The lowest BCUT2D eigenvalue weighted by Crippen LogP contribution is -1.97. The van der Waals surface area contributed by atoms with Gasteiger partial charge in [0.15, 0.2) is 5.13 Å². The first kappa shape index (κ1) is 20.6. The van der Waals surface area contributed by atoms with E-state index in [2.05, 4.69) is 52.1 Å². The van der Waals surface area contributed by atoms with Gasteiger partial charge in [-0.3, -0.25) is 0 Å². The van der Waals surface area contributed by atoms with Gasteiger partial charge in [-0.1, -0.05) is 78.9 Å². The first-order valence-electron chi connectivity index (χ1n) is 10.1. The monoisotopic (exact) mass is 424 g/mol. The average molecular weight is 425 g/mol. The van der Waals surface area contributed by atoms with E-state index in [4.69, 9.17) is 11.1 Å². The number of para-hydroxylation sites is 1. The maximum Gasteiger partial charge on any atom is 0.180 e. The molecule has 31 heavy (non-hydrogen) atoms. The van der Waals surface area contributed by atoms with E-state index in [1.54, 1.807) is 0 Å². The number of hydrogen-bond donors (Lipinski definition) is 2. The SMILES string of the molecule is CC(=N)c1cn(Cc2ccccc2)c2ccccc12.Nc1nc(-c2ccccc2)cs1. The Balaban J connectivity index is 0.000000166. The van der Waals surface area contributed by atoms with Gasteiger partial charge in [0.25, 0.3) is 0 Å². The zero-order valence-corrected chi connectivity index (χ0v) is 18.1. The van der Waals surface area contributed by atoms with Gasteiger partial charge in [0.2, 0.25) is 0 Å². The normalized spacial score (nSPS) is 10.5. The van der Waals surface area contributed by atoms with E-state index in [1.165, 1.54) is 22.4 Å². The van der Waals surface area contributed by atoms with E-state index >= 15 is 0 Å². The van der Waals surface area contributed by atoms with Gasteiger partial charge < -0.3 is 15.7 Å². The molecular formula is C26H24N4S. The first-order valence-corrected chi connectivity index (χ1v) is 10.9. The average Bonchev–Trinajstić information content (AvgIpc) is 3.40. The molecule has 0 saturated carbocycles. The van der Waals surface area contributed by atoms with E-state index in [0.29, 0.717) is 10.8 Å². The standard InChI is InChI=1S/C17H16N2.C9H8N2S/c1-13(18)16-12-19(11-14-7-3-2-4-8-14)17-10-6-5-9-15(16)17;10-9-11-8(6-12-9)7-4-2-1-3-5-7/h2-10,12,18H,11H2,1H3;1-6H,(H2,10,11). The van der Waals surface area contributed by atoms with E-state index in [9.17, 15) is 0 Å². The molecule has 0 atom stereocenters. The van der Waals surface area contributed by atoms with Gasteiger partial charge in [0.05, 0.1) is 5.69 Å². The van der Waals surface area contributed by atoms with Crippen molar-refractivity contribution in [1.29, 1.82) is 5.41 Å². The summed E-state index contributed by atoms with van der Waals surface area (Å²) in [4.78, 5) is 4.18. The lowest BCUT2D eigenvalue weighted by Gasteiger charge is -2.05. The van der Waals surface area contributed by atoms with Crippen LogP contribution in [0.25, 0.3) is 22.2 Å². The van der Waals surface area contributed by atoms with Crippen molar-refractivity contribution in [2.24, 2.45) is 0 Å². The number of nitrogens with one attached hydrogen (secondary N) is 1. The molecule has 0 bridgehead atoms. The molecule has 0 saturated heterocycles. The summed E-state index contributed by atoms with van der Waals surface area (Å²) in [5.74, 6) is 0. The van der Waals surface area contributed by atoms with Crippen molar-refractivity contribution in [1.82, 2.24) is 9.55 Å². The largest absolute Gasteiger partial charge is 0.375 e. The summed E-state index contributed by atoms with van der Waals surface area (Å²) in [6.45, 7) is 2.68. The molecule has 154 valence electrons. The zero-order chi connectivity index (χ0) is 21.6. The van der Waals surface area contributed by atoms with Crippen molar-refractivity contribution in [3.63, 3.8) is 0 Å². The van der Waals surface area contributed by atoms with Crippen LogP contribution in [0.1, 0.15) is 18.1 Å². The number of rotatable bonds is 4. The molecule has 5 rings (SSSR count). The summed E-state index contributed by atoms with van der Waals surface area (Å²) >= 11 is 1.47. The smallest absolute Gasteiger partial charge is 0.180 e. The Hall–Kier alpha value is -3.70. The van der Waals surface area contributed by atoms with Crippen LogP contribution in [0.2, 0.25) is 0 Å². The van der Waals surface area contributed by atoms with Crippen LogP contribution in [0.5, 0.6) is 0 Å². The van der Waals surface area contributed by atoms with Gasteiger partial charge in [-0.25, -0.2) is 4.98 Å². The number of hydrogen-bond acceptors (Lipinski definition) is 4. The number of anilines is 1. The summed E-state index contributed by atoms with van der Waals surface area (Å²) in [6.07, 6.45) is 2.08. The summed E-state index contributed by atoms with van der Waals surface area (Å²) in [5.41, 5.74) is 11.7. The molecule has 0 aliphatic heterocycles. The predicted molar refractivity (Wildman–Crippen MR) is 132 cm³/mol. The fraction of sp³-hybridized carbons (Fsp3) is 0.0769. The number of fused-ring (bicyclic) bond motifs is 1. The van der Waals surface area contributed by atoms with Gasteiger partial charge in [0, 0.05) is 45.9 Å². The highest BCUT2D eigenvalue weighted by Gasteiger charge is 2.09. The third-order valence-electron chi connectivity index (χ3n) is 4.98. The first-order chi connectivity index (χ1) is 15.1. The Kier molecular flexibility index (Phi) is 6.24. The number of aromatic nitrogens is 2. The van der Waals surface area contributed by atoms with E-state index < -0.39 is 0 Å². The molecule has 2 aromatic heterocycles. The Morgan fingerprint density at radius 3 is 2.23 bits per heavy atom. The molecule has 3 aromatic carbocycles. The van der Waals surface area contributed by atoms with Crippen LogP contribution < -0.4 is 5.73 Å². The number of nitrogens with two attached hydrogens (primary N) is 1. The van der Waals surface area contributed by atoms with E-state index in [-0.39, 0.29) is 0 Å². The molecule has 0 aliphatic carbocycles. The van der Waals surface area contributed by atoms with Crippen LogP contribution in [-0.2, 0) is 6.54 Å². The Labute approximate surface area is 186 Å². The van der Waals surface area contributed by atoms with E-state index in [0.717, 1.165) is 28.8 Å². The fourth-order valence-corrected chi connectivity index (χ4v) is 4.06. The number of thiazole rings is 1. The van der Waals surface area contributed by atoms with Gasteiger partial charge in [-0.2, -0.15) is 0 Å². The van der Waals surface area contributed by atoms with Gasteiger partial charge >= 0.3 is 0 Å². The highest BCUT2D eigenvalue weighted by molar-refractivity contribution is 7.13. The minimum absolute atomic E-state index is 0.614.